The molecule has 16 heavy (non-hydrogen) atoms. The maximum atomic E-state index is 13.8. The van der Waals surface area contributed by atoms with Gasteiger partial charge in [0.1, 0.15) is 23.7 Å². The third-order valence-electron chi connectivity index (χ3n) is 2.66. The Morgan fingerprint density at radius 2 is 2.25 bits per heavy atom. The van der Waals surface area contributed by atoms with Crippen LogP contribution in [0, 0.1) is 0 Å². The zero-order valence-electron chi connectivity index (χ0n) is 9.08. The molecule has 0 bridgehead atoms. The summed E-state index contributed by atoms with van der Waals surface area (Å²) in [5.74, 6) is 0. The summed E-state index contributed by atoms with van der Waals surface area (Å²) in [5.41, 5.74) is -0.451. The van der Waals surface area contributed by atoms with Gasteiger partial charge in [0.25, 0.3) is 0 Å². The molecule has 5 atom stereocenters. The van der Waals surface area contributed by atoms with Crippen LogP contribution in [0.25, 0.3) is 0 Å². The summed E-state index contributed by atoms with van der Waals surface area (Å²) >= 11 is 1.32. The molecule has 2 rings (SSSR count). The molecule has 1 saturated heterocycles. The molecule has 7 heteroatoms. The fourth-order valence-corrected chi connectivity index (χ4v) is 2.90. The standard InChI is InChI=1S/C9H15FN2O3S/c1-12(2)9-11-6-5(10)7(14)4(3-13)15-8(6)16-9/h4-8,13-14H,3H2,1-2H3/t4-,5+,6-,7-,8-/m1/s1. The molecule has 0 spiro atoms. The third kappa shape index (κ3) is 1.92. The van der Waals surface area contributed by atoms with Crippen molar-refractivity contribution in [3.63, 3.8) is 0 Å². The highest BCUT2D eigenvalue weighted by atomic mass is 32.2. The van der Waals surface area contributed by atoms with E-state index in [1.165, 1.54) is 11.8 Å². The molecule has 1 fully saturated rings. The number of aliphatic hydroxyl groups excluding tert-OH is 2. The molecule has 0 aromatic carbocycles. The summed E-state index contributed by atoms with van der Waals surface area (Å²) in [6.45, 7) is -0.386. The SMILES string of the molecule is CN(C)C1=N[C@@H]2[C@H](F)[C@H](O)[C@@H](CO)O[C@@H]2S1. The first-order valence-electron chi connectivity index (χ1n) is 5.05. The quantitative estimate of drug-likeness (QED) is 0.653. The number of nitrogens with zero attached hydrogens (tertiary/aromatic N) is 2. The van der Waals surface area contributed by atoms with E-state index in [2.05, 4.69) is 4.99 Å². The number of hydrogen-bond acceptors (Lipinski definition) is 6. The topological polar surface area (TPSA) is 65.3 Å². The first-order chi connectivity index (χ1) is 7.54. The molecule has 0 saturated carbocycles. The van der Waals surface area contributed by atoms with Crippen LogP contribution in [0.3, 0.4) is 0 Å². The van der Waals surface area contributed by atoms with Crippen molar-refractivity contribution in [1.82, 2.24) is 4.90 Å². The van der Waals surface area contributed by atoms with Crippen molar-refractivity contribution < 1.29 is 19.3 Å². The summed E-state index contributed by atoms with van der Waals surface area (Å²) in [5, 5.41) is 19.2. The Balaban J connectivity index is 2.14. The van der Waals surface area contributed by atoms with Crippen molar-refractivity contribution in [2.45, 2.75) is 29.9 Å². The molecule has 0 unspecified atom stereocenters. The summed E-state index contributed by atoms with van der Waals surface area (Å²) in [6, 6.07) is -0.680. The molecule has 2 N–H and O–H groups in total. The van der Waals surface area contributed by atoms with Crippen LogP contribution in [-0.2, 0) is 4.74 Å². The number of thioether (sulfide) groups is 1. The molecule has 5 nitrogen and oxygen atoms in total. The van der Waals surface area contributed by atoms with Gasteiger partial charge >= 0.3 is 0 Å². The Hall–Kier alpha value is -0.370. The molecule has 0 aromatic heterocycles. The number of halogens is 1. The number of fused-ring (bicyclic) bond motifs is 1. The van der Waals surface area contributed by atoms with Crippen LogP contribution in [0.4, 0.5) is 4.39 Å². The summed E-state index contributed by atoms with van der Waals surface area (Å²) in [7, 11) is 3.63. The molecule has 2 aliphatic rings. The fourth-order valence-electron chi connectivity index (χ4n) is 1.75. The van der Waals surface area contributed by atoms with Crippen LogP contribution in [0.1, 0.15) is 0 Å². The number of hydrogen-bond donors (Lipinski definition) is 2. The van der Waals surface area contributed by atoms with Crippen LogP contribution < -0.4 is 0 Å². The predicted octanol–water partition coefficient (Wildman–Crippen LogP) is -0.564. The minimum absolute atomic E-state index is 0.386. The number of alkyl halides is 1. The molecule has 92 valence electrons. The molecule has 0 amide bonds. The van der Waals surface area contributed by atoms with E-state index in [0.29, 0.717) is 5.17 Å². The molecule has 0 aromatic rings. The third-order valence-corrected chi connectivity index (χ3v) is 3.97. The van der Waals surface area contributed by atoms with E-state index in [9.17, 15) is 9.50 Å². The van der Waals surface area contributed by atoms with Gasteiger partial charge in [0.05, 0.1) is 6.61 Å². The van der Waals surface area contributed by atoms with Crippen molar-refractivity contribution in [1.29, 1.82) is 0 Å². The van der Waals surface area contributed by atoms with E-state index in [-0.39, 0.29) is 6.61 Å². The van der Waals surface area contributed by atoms with Gasteiger partial charge in [-0.15, -0.1) is 0 Å². The largest absolute Gasteiger partial charge is 0.394 e. The highest BCUT2D eigenvalue weighted by Gasteiger charge is 2.49. The molecular formula is C9H15FN2O3S. The van der Waals surface area contributed by atoms with E-state index in [1.807, 2.05) is 14.1 Å². The lowest BCUT2D eigenvalue weighted by Crippen LogP contribution is -2.53. The summed E-state index contributed by atoms with van der Waals surface area (Å²) < 4.78 is 19.2. The van der Waals surface area contributed by atoms with Crippen LogP contribution in [0.5, 0.6) is 0 Å². The van der Waals surface area contributed by atoms with Gasteiger partial charge in [-0.3, -0.25) is 4.99 Å². The number of ether oxygens (including phenoxy) is 1. The smallest absolute Gasteiger partial charge is 0.161 e. The van der Waals surface area contributed by atoms with Crippen LogP contribution in [-0.4, -0.2) is 70.8 Å². The van der Waals surface area contributed by atoms with Crippen molar-refractivity contribution in [3.8, 4) is 0 Å². The van der Waals surface area contributed by atoms with Gasteiger partial charge in [-0.1, -0.05) is 11.8 Å². The zero-order chi connectivity index (χ0) is 11.9. The number of amidine groups is 1. The molecule has 0 radical (unpaired) electrons. The van der Waals surface area contributed by atoms with Crippen LogP contribution in [0.2, 0.25) is 0 Å². The van der Waals surface area contributed by atoms with Crippen molar-refractivity contribution >= 4 is 16.9 Å². The highest BCUT2D eigenvalue weighted by Crippen LogP contribution is 2.37. The van der Waals surface area contributed by atoms with Crippen molar-refractivity contribution in [2.24, 2.45) is 4.99 Å². The Kier molecular flexibility index (Phi) is 3.39. The molecule has 2 aliphatic heterocycles. The molecule has 0 aliphatic carbocycles. The van der Waals surface area contributed by atoms with E-state index >= 15 is 0 Å². The van der Waals surface area contributed by atoms with Gasteiger partial charge in [0, 0.05) is 14.1 Å². The van der Waals surface area contributed by atoms with E-state index < -0.39 is 29.9 Å². The lowest BCUT2D eigenvalue weighted by atomic mass is 10.0. The molecular weight excluding hydrogens is 235 g/mol. The van der Waals surface area contributed by atoms with Gasteiger partial charge in [-0.2, -0.15) is 0 Å². The first-order valence-corrected chi connectivity index (χ1v) is 5.92. The Bertz CT molecular complexity index is 302. The highest BCUT2D eigenvalue weighted by molar-refractivity contribution is 8.14. The second-order valence-corrected chi connectivity index (χ2v) is 5.14. The van der Waals surface area contributed by atoms with Crippen molar-refractivity contribution in [3.05, 3.63) is 0 Å². The number of aliphatic hydroxyl groups is 2. The van der Waals surface area contributed by atoms with Crippen LogP contribution >= 0.6 is 11.8 Å². The lowest BCUT2D eigenvalue weighted by molar-refractivity contribution is -0.144. The normalized spacial score (nSPS) is 42.8. The van der Waals surface area contributed by atoms with E-state index in [4.69, 9.17) is 9.84 Å². The lowest BCUT2D eigenvalue weighted by Gasteiger charge is -2.36. The minimum Gasteiger partial charge on any atom is -0.394 e. The Morgan fingerprint density at radius 1 is 1.56 bits per heavy atom. The van der Waals surface area contributed by atoms with Gasteiger partial charge in [-0.05, 0) is 0 Å². The zero-order valence-corrected chi connectivity index (χ0v) is 9.89. The van der Waals surface area contributed by atoms with Gasteiger partial charge in [0.15, 0.2) is 11.3 Å². The number of aliphatic imine (C=N–C) groups is 1. The van der Waals surface area contributed by atoms with Crippen molar-refractivity contribution in [2.75, 3.05) is 20.7 Å². The molecule has 2 heterocycles. The van der Waals surface area contributed by atoms with Gasteiger partial charge in [-0.25, -0.2) is 4.39 Å². The Morgan fingerprint density at radius 3 is 2.81 bits per heavy atom. The van der Waals surface area contributed by atoms with Gasteiger partial charge in [0.2, 0.25) is 0 Å². The monoisotopic (exact) mass is 250 g/mol. The summed E-state index contributed by atoms with van der Waals surface area (Å²) in [6.07, 6.45) is -3.65. The second-order valence-electron chi connectivity index (χ2n) is 4.08. The van der Waals surface area contributed by atoms with E-state index in [1.54, 1.807) is 4.90 Å². The maximum absolute atomic E-state index is 13.8. The maximum Gasteiger partial charge on any atom is 0.161 e. The average molecular weight is 250 g/mol. The first kappa shape index (κ1) is 12.1. The second kappa shape index (κ2) is 4.48. The van der Waals surface area contributed by atoms with E-state index in [0.717, 1.165) is 0 Å². The average Bonchev–Trinajstić information content (AvgIpc) is 2.67. The minimum atomic E-state index is -1.49. The fraction of sp³-hybridized carbons (Fsp3) is 0.889. The Labute approximate surface area is 97.3 Å². The predicted molar refractivity (Wildman–Crippen MR) is 59.2 cm³/mol. The van der Waals surface area contributed by atoms with Crippen LogP contribution in [0.15, 0.2) is 4.99 Å². The van der Waals surface area contributed by atoms with Gasteiger partial charge < -0.3 is 19.8 Å². The summed E-state index contributed by atoms with van der Waals surface area (Å²) in [4.78, 5) is 5.95. The number of rotatable bonds is 1.